The van der Waals surface area contributed by atoms with Gasteiger partial charge in [-0.2, -0.15) is 0 Å². The summed E-state index contributed by atoms with van der Waals surface area (Å²) in [6.07, 6.45) is 2.15. The fraction of sp³-hybridized carbons (Fsp3) is 0.571. The molecule has 0 aliphatic rings. The van der Waals surface area contributed by atoms with E-state index in [4.69, 9.17) is 17.3 Å². The summed E-state index contributed by atoms with van der Waals surface area (Å²) in [4.78, 5) is 0. The van der Waals surface area contributed by atoms with Gasteiger partial charge in [-0.3, -0.25) is 0 Å². The Kier molecular flexibility index (Phi) is 4.40. The molecule has 1 rings (SSSR count). The van der Waals surface area contributed by atoms with Crippen molar-refractivity contribution in [2.24, 2.45) is 11.1 Å². The van der Waals surface area contributed by atoms with Gasteiger partial charge in [-0.15, -0.1) is 0 Å². The predicted octanol–water partition coefficient (Wildman–Crippen LogP) is 4.47. The van der Waals surface area contributed by atoms with Crippen LogP contribution in [0.4, 0.5) is 0 Å². The molecule has 0 bridgehead atoms. The maximum atomic E-state index is 6.18. The third-order valence-corrected chi connectivity index (χ3v) is 3.24. The molecule has 2 heteroatoms. The highest BCUT2D eigenvalue weighted by Gasteiger charge is 2.14. The summed E-state index contributed by atoms with van der Waals surface area (Å²) in [5, 5.41) is 0.812. The first-order chi connectivity index (χ1) is 7.29. The molecule has 1 unspecified atom stereocenters. The molecule has 1 aromatic carbocycles. The van der Waals surface area contributed by atoms with Gasteiger partial charge in [0.2, 0.25) is 0 Å². The van der Waals surface area contributed by atoms with Gasteiger partial charge in [0.05, 0.1) is 0 Å². The number of halogens is 1. The molecule has 0 heterocycles. The molecular formula is C14H22ClN. The van der Waals surface area contributed by atoms with Crippen LogP contribution in [-0.2, 0) is 0 Å². The second kappa shape index (κ2) is 5.20. The van der Waals surface area contributed by atoms with Gasteiger partial charge in [-0.25, -0.2) is 0 Å². The van der Waals surface area contributed by atoms with Gasteiger partial charge in [0.15, 0.2) is 0 Å². The highest BCUT2D eigenvalue weighted by Crippen LogP contribution is 2.27. The van der Waals surface area contributed by atoms with Crippen LogP contribution >= 0.6 is 11.6 Å². The lowest BCUT2D eigenvalue weighted by molar-refractivity contribution is 0.350. The average Bonchev–Trinajstić information content (AvgIpc) is 2.17. The quantitative estimate of drug-likeness (QED) is 0.827. The maximum Gasteiger partial charge on any atom is 0.0435 e. The molecule has 0 aliphatic carbocycles. The van der Waals surface area contributed by atoms with Crippen molar-refractivity contribution < 1.29 is 0 Å². The number of hydrogen-bond acceptors (Lipinski definition) is 1. The zero-order chi connectivity index (χ0) is 12.3. The fourth-order valence-corrected chi connectivity index (χ4v) is 1.77. The number of hydrogen-bond donors (Lipinski definition) is 1. The Labute approximate surface area is 104 Å². The first-order valence-electron chi connectivity index (χ1n) is 5.81. The van der Waals surface area contributed by atoms with E-state index in [1.54, 1.807) is 0 Å². The Hall–Kier alpha value is -0.530. The maximum absolute atomic E-state index is 6.18. The van der Waals surface area contributed by atoms with E-state index in [2.05, 4.69) is 26.8 Å². The summed E-state index contributed by atoms with van der Waals surface area (Å²) >= 11 is 5.99. The van der Waals surface area contributed by atoms with E-state index in [1.165, 1.54) is 5.56 Å². The summed E-state index contributed by atoms with van der Waals surface area (Å²) in [7, 11) is 0. The van der Waals surface area contributed by atoms with Gasteiger partial charge in [0, 0.05) is 11.1 Å². The summed E-state index contributed by atoms with van der Waals surface area (Å²) in [6.45, 7) is 8.74. The second-order valence-electron chi connectivity index (χ2n) is 5.71. The van der Waals surface area contributed by atoms with Crippen LogP contribution in [0.25, 0.3) is 0 Å². The Morgan fingerprint density at radius 1 is 1.31 bits per heavy atom. The van der Waals surface area contributed by atoms with E-state index < -0.39 is 0 Å². The van der Waals surface area contributed by atoms with Crippen LogP contribution in [0.2, 0.25) is 5.02 Å². The standard InChI is InChI=1S/C14H22ClN/c1-10-9-11(5-6-12(10)15)13(16)7-8-14(2,3)4/h5-6,9,13H,7-8,16H2,1-4H3. The van der Waals surface area contributed by atoms with E-state index in [9.17, 15) is 0 Å². The van der Waals surface area contributed by atoms with Crippen molar-refractivity contribution in [3.63, 3.8) is 0 Å². The molecule has 1 aromatic rings. The van der Waals surface area contributed by atoms with Gasteiger partial charge in [-0.1, -0.05) is 44.5 Å². The lowest BCUT2D eigenvalue weighted by Crippen LogP contribution is -2.14. The second-order valence-corrected chi connectivity index (χ2v) is 6.12. The minimum atomic E-state index is 0.121. The number of benzene rings is 1. The van der Waals surface area contributed by atoms with Crippen LogP contribution in [0.1, 0.15) is 50.8 Å². The topological polar surface area (TPSA) is 26.0 Å². The van der Waals surface area contributed by atoms with Gasteiger partial charge >= 0.3 is 0 Å². The molecule has 0 amide bonds. The van der Waals surface area contributed by atoms with E-state index in [-0.39, 0.29) is 6.04 Å². The van der Waals surface area contributed by atoms with Crippen molar-refractivity contribution in [3.05, 3.63) is 34.3 Å². The molecule has 16 heavy (non-hydrogen) atoms. The van der Waals surface area contributed by atoms with Crippen molar-refractivity contribution in [3.8, 4) is 0 Å². The van der Waals surface area contributed by atoms with Crippen molar-refractivity contribution in [2.75, 3.05) is 0 Å². The van der Waals surface area contributed by atoms with Crippen molar-refractivity contribution >= 4 is 11.6 Å². The molecule has 2 N–H and O–H groups in total. The smallest absolute Gasteiger partial charge is 0.0435 e. The third-order valence-electron chi connectivity index (χ3n) is 2.82. The van der Waals surface area contributed by atoms with Crippen LogP contribution in [0.3, 0.4) is 0 Å². The molecular weight excluding hydrogens is 218 g/mol. The first kappa shape index (κ1) is 13.5. The number of nitrogens with two attached hydrogens (primary N) is 1. The summed E-state index contributed by atoms with van der Waals surface area (Å²) < 4.78 is 0. The monoisotopic (exact) mass is 239 g/mol. The zero-order valence-corrected chi connectivity index (χ0v) is 11.4. The van der Waals surface area contributed by atoms with Crippen LogP contribution in [0, 0.1) is 12.3 Å². The van der Waals surface area contributed by atoms with Gasteiger partial charge in [0.1, 0.15) is 0 Å². The lowest BCUT2D eigenvalue weighted by atomic mass is 9.87. The molecule has 90 valence electrons. The van der Waals surface area contributed by atoms with E-state index in [1.807, 2.05) is 19.1 Å². The fourth-order valence-electron chi connectivity index (χ4n) is 1.65. The van der Waals surface area contributed by atoms with E-state index >= 15 is 0 Å². The van der Waals surface area contributed by atoms with Crippen LogP contribution in [0.5, 0.6) is 0 Å². The van der Waals surface area contributed by atoms with Gasteiger partial charge in [-0.05, 0) is 42.4 Å². The highest BCUT2D eigenvalue weighted by molar-refractivity contribution is 6.31. The molecule has 0 aromatic heterocycles. The lowest BCUT2D eigenvalue weighted by Gasteiger charge is -2.21. The molecule has 0 radical (unpaired) electrons. The molecule has 0 fully saturated rings. The number of rotatable bonds is 3. The Morgan fingerprint density at radius 2 is 1.94 bits per heavy atom. The number of aryl methyl sites for hydroxylation is 1. The normalized spacial score (nSPS) is 13.9. The molecule has 1 atom stereocenters. The van der Waals surface area contributed by atoms with Crippen LogP contribution in [0.15, 0.2) is 18.2 Å². The Bertz CT molecular complexity index is 352. The summed E-state index contributed by atoms with van der Waals surface area (Å²) in [5.74, 6) is 0. The molecule has 0 spiro atoms. The average molecular weight is 240 g/mol. The zero-order valence-electron chi connectivity index (χ0n) is 10.7. The van der Waals surface area contributed by atoms with Gasteiger partial charge < -0.3 is 5.73 Å². The predicted molar refractivity (Wildman–Crippen MR) is 71.8 cm³/mol. The first-order valence-corrected chi connectivity index (χ1v) is 6.19. The SMILES string of the molecule is Cc1cc(C(N)CCC(C)(C)C)ccc1Cl. The minimum Gasteiger partial charge on any atom is -0.324 e. The van der Waals surface area contributed by atoms with Crippen molar-refractivity contribution in [2.45, 2.75) is 46.6 Å². The summed E-state index contributed by atoms with van der Waals surface area (Å²) in [5.41, 5.74) is 8.81. The largest absolute Gasteiger partial charge is 0.324 e. The Morgan fingerprint density at radius 3 is 2.44 bits per heavy atom. The highest BCUT2D eigenvalue weighted by atomic mass is 35.5. The van der Waals surface area contributed by atoms with Crippen LogP contribution in [-0.4, -0.2) is 0 Å². The van der Waals surface area contributed by atoms with E-state index in [0.29, 0.717) is 5.41 Å². The summed E-state index contributed by atoms with van der Waals surface area (Å²) in [6, 6.07) is 6.18. The molecule has 0 saturated carbocycles. The molecule has 0 saturated heterocycles. The molecule has 0 aliphatic heterocycles. The van der Waals surface area contributed by atoms with Crippen molar-refractivity contribution in [1.82, 2.24) is 0 Å². The Balaban J connectivity index is 2.66. The third kappa shape index (κ3) is 4.15. The molecule has 1 nitrogen and oxygen atoms in total. The van der Waals surface area contributed by atoms with E-state index in [0.717, 1.165) is 23.4 Å². The van der Waals surface area contributed by atoms with Gasteiger partial charge in [0.25, 0.3) is 0 Å². The minimum absolute atomic E-state index is 0.121. The van der Waals surface area contributed by atoms with Crippen LogP contribution < -0.4 is 5.73 Å². The van der Waals surface area contributed by atoms with Crippen molar-refractivity contribution in [1.29, 1.82) is 0 Å².